The van der Waals surface area contributed by atoms with Gasteiger partial charge in [0, 0.05) is 39.5 Å². The first-order valence-electron chi connectivity index (χ1n) is 10.2. The van der Waals surface area contributed by atoms with Crippen LogP contribution in [0.2, 0.25) is 0 Å². The molecule has 2 aromatic carbocycles. The van der Waals surface area contributed by atoms with Crippen LogP contribution in [0.25, 0.3) is 0 Å². The van der Waals surface area contributed by atoms with Crippen molar-refractivity contribution >= 4 is 17.5 Å². The normalized spacial score (nSPS) is 19.7. The summed E-state index contributed by atoms with van der Waals surface area (Å²) in [6.07, 6.45) is 0.583. The summed E-state index contributed by atoms with van der Waals surface area (Å²) in [5, 5.41) is 6.22. The third-order valence-corrected chi connectivity index (χ3v) is 5.70. The lowest BCUT2D eigenvalue weighted by molar-refractivity contribution is -0.135. The predicted octanol–water partition coefficient (Wildman–Crippen LogP) is 2.67. The van der Waals surface area contributed by atoms with Crippen molar-refractivity contribution in [1.29, 1.82) is 0 Å². The maximum atomic E-state index is 13.3. The molecule has 1 saturated heterocycles. The van der Waals surface area contributed by atoms with Gasteiger partial charge in [-0.1, -0.05) is 42.5 Å². The molecule has 2 aliphatic rings. The predicted molar refractivity (Wildman–Crippen MR) is 112 cm³/mol. The Bertz CT molecular complexity index is 937. The van der Waals surface area contributed by atoms with Gasteiger partial charge in [-0.3, -0.25) is 14.5 Å². The molecule has 7 heteroatoms. The SMILES string of the molecule is CC(=O)N1CCN(CC(=O)N2N=C(c3ccc(F)cc3)CC2c2ccccc2)CC1. The van der Waals surface area contributed by atoms with E-state index in [0.717, 1.165) is 16.8 Å². The second kappa shape index (κ2) is 8.75. The molecule has 1 unspecified atom stereocenters. The van der Waals surface area contributed by atoms with Gasteiger partial charge in [0.05, 0.1) is 18.3 Å². The zero-order chi connectivity index (χ0) is 21.1. The molecule has 2 aromatic rings. The Morgan fingerprint density at radius 3 is 2.30 bits per heavy atom. The lowest BCUT2D eigenvalue weighted by Gasteiger charge is -2.34. The van der Waals surface area contributed by atoms with Crippen molar-refractivity contribution < 1.29 is 14.0 Å². The van der Waals surface area contributed by atoms with Crippen LogP contribution in [0.5, 0.6) is 0 Å². The summed E-state index contributed by atoms with van der Waals surface area (Å²) in [7, 11) is 0. The summed E-state index contributed by atoms with van der Waals surface area (Å²) in [5.74, 6) is -0.301. The summed E-state index contributed by atoms with van der Waals surface area (Å²) in [5.41, 5.74) is 2.62. The van der Waals surface area contributed by atoms with Crippen molar-refractivity contribution in [3.05, 3.63) is 71.5 Å². The molecule has 30 heavy (non-hydrogen) atoms. The number of hydrogen-bond donors (Lipinski definition) is 0. The van der Waals surface area contributed by atoms with Crippen molar-refractivity contribution in [2.24, 2.45) is 5.10 Å². The third-order valence-electron chi connectivity index (χ3n) is 5.70. The number of hydrogen-bond acceptors (Lipinski definition) is 4. The molecule has 2 aliphatic heterocycles. The van der Waals surface area contributed by atoms with Crippen LogP contribution in [0, 0.1) is 5.82 Å². The molecule has 0 bridgehead atoms. The number of amides is 2. The zero-order valence-corrected chi connectivity index (χ0v) is 17.0. The van der Waals surface area contributed by atoms with E-state index in [4.69, 9.17) is 0 Å². The average Bonchev–Trinajstić information content (AvgIpc) is 3.21. The van der Waals surface area contributed by atoms with E-state index >= 15 is 0 Å². The summed E-state index contributed by atoms with van der Waals surface area (Å²) >= 11 is 0. The first-order chi connectivity index (χ1) is 14.5. The highest BCUT2D eigenvalue weighted by Gasteiger charge is 2.34. The van der Waals surface area contributed by atoms with E-state index in [2.05, 4.69) is 10.0 Å². The molecule has 0 radical (unpaired) electrons. The quantitative estimate of drug-likeness (QED) is 0.782. The molecule has 6 nitrogen and oxygen atoms in total. The standard InChI is InChI=1S/C23H25FN4O2/c1-17(29)27-13-11-26(12-14-27)16-23(30)28-22(19-5-3-2-4-6-19)15-21(25-28)18-7-9-20(24)10-8-18/h2-10,22H,11-16H2,1H3. The van der Waals surface area contributed by atoms with Crippen LogP contribution in [-0.2, 0) is 9.59 Å². The summed E-state index contributed by atoms with van der Waals surface area (Å²) in [6.45, 7) is 4.44. The molecular formula is C23H25FN4O2. The molecule has 2 heterocycles. The van der Waals surface area contributed by atoms with Gasteiger partial charge in [-0.15, -0.1) is 0 Å². The molecular weight excluding hydrogens is 383 g/mol. The van der Waals surface area contributed by atoms with Crippen molar-refractivity contribution in [3.8, 4) is 0 Å². The van der Waals surface area contributed by atoms with Gasteiger partial charge in [-0.25, -0.2) is 9.40 Å². The Labute approximate surface area is 175 Å². The Kier molecular flexibility index (Phi) is 5.90. The van der Waals surface area contributed by atoms with Crippen molar-refractivity contribution in [1.82, 2.24) is 14.8 Å². The summed E-state index contributed by atoms with van der Waals surface area (Å²) < 4.78 is 13.3. The number of rotatable bonds is 4. The second-order valence-corrected chi connectivity index (χ2v) is 7.70. The largest absolute Gasteiger partial charge is 0.340 e. The third kappa shape index (κ3) is 4.41. The summed E-state index contributed by atoms with van der Waals surface area (Å²) in [4.78, 5) is 28.6. The van der Waals surface area contributed by atoms with Crippen LogP contribution >= 0.6 is 0 Å². The molecule has 0 saturated carbocycles. The van der Waals surface area contributed by atoms with Gasteiger partial charge >= 0.3 is 0 Å². The minimum Gasteiger partial charge on any atom is -0.340 e. The number of benzene rings is 2. The van der Waals surface area contributed by atoms with Crippen LogP contribution in [0.15, 0.2) is 59.7 Å². The number of hydrazone groups is 1. The zero-order valence-electron chi connectivity index (χ0n) is 17.0. The lowest BCUT2D eigenvalue weighted by atomic mass is 9.98. The average molecular weight is 408 g/mol. The van der Waals surface area contributed by atoms with Crippen LogP contribution in [-0.4, -0.2) is 65.1 Å². The van der Waals surface area contributed by atoms with Crippen LogP contribution in [0.1, 0.15) is 30.5 Å². The maximum absolute atomic E-state index is 13.3. The van der Waals surface area contributed by atoms with E-state index in [9.17, 15) is 14.0 Å². The fourth-order valence-electron chi connectivity index (χ4n) is 3.98. The molecule has 0 aromatic heterocycles. The van der Waals surface area contributed by atoms with Gasteiger partial charge in [0.1, 0.15) is 5.82 Å². The topological polar surface area (TPSA) is 56.2 Å². The van der Waals surface area contributed by atoms with Crippen LogP contribution in [0.4, 0.5) is 4.39 Å². The van der Waals surface area contributed by atoms with Crippen molar-refractivity contribution in [2.75, 3.05) is 32.7 Å². The van der Waals surface area contributed by atoms with Gasteiger partial charge in [0.15, 0.2) is 0 Å². The molecule has 1 atom stereocenters. The Morgan fingerprint density at radius 2 is 1.67 bits per heavy atom. The molecule has 2 amide bonds. The van der Waals surface area contributed by atoms with Gasteiger partial charge in [-0.2, -0.15) is 5.10 Å². The van der Waals surface area contributed by atoms with Crippen LogP contribution < -0.4 is 0 Å². The Hall–Kier alpha value is -3.06. The van der Waals surface area contributed by atoms with Gasteiger partial charge in [-0.05, 0) is 23.3 Å². The minimum absolute atomic E-state index is 0.0678. The fourth-order valence-corrected chi connectivity index (χ4v) is 3.98. The smallest absolute Gasteiger partial charge is 0.257 e. The number of halogens is 1. The monoisotopic (exact) mass is 408 g/mol. The van der Waals surface area contributed by atoms with E-state index < -0.39 is 0 Å². The first-order valence-corrected chi connectivity index (χ1v) is 10.2. The van der Waals surface area contributed by atoms with E-state index in [0.29, 0.717) is 32.6 Å². The molecule has 4 rings (SSSR count). The number of carbonyl (C=O) groups is 2. The van der Waals surface area contributed by atoms with E-state index in [1.165, 1.54) is 12.1 Å². The molecule has 156 valence electrons. The number of piperazine rings is 1. The first kappa shape index (κ1) is 20.2. The Morgan fingerprint density at radius 1 is 1.00 bits per heavy atom. The summed E-state index contributed by atoms with van der Waals surface area (Å²) in [6, 6.07) is 15.9. The van der Waals surface area contributed by atoms with Gasteiger partial charge in [0.25, 0.3) is 5.91 Å². The van der Waals surface area contributed by atoms with Gasteiger partial charge in [0.2, 0.25) is 5.91 Å². The minimum atomic E-state index is -0.297. The van der Waals surface area contributed by atoms with E-state index in [1.54, 1.807) is 29.0 Å². The van der Waals surface area contributed by atoms with Gasteiger partial charge < -0.3 is 4.90 Å². The Balaban J connectivity index is 1.52. The lowest BCUT2D eigenvalue weighted by Crippen LogP contribution is -2.50. The number of nitrogens with zero attached hydrogens (tertiary/aromatic N) is 4. The van der Waals surface area contributed by atoms with E-state index in [1.807, 2.05) is 30.3 Å². The molecule has 1 fully saturated rings. The van der Waals surface area contributed by atoms with E-state index in [-0.39, 0.29) is 30.2 Å². The molecule has 0 aliphatic carbocycles. The molecule has 0 N–H and O–H groups in total. The second-order valence-electron chi connectivity index (χ2n) is 7.70. The highest BCUT2D eigenvalue weighted by molar-refractivity contribution is 6.03. The highest BCUT2D eigenvalue weighted by Crippen LogP contribution is 2.32. The van der Waals surface area contributed by atoms with Crippen molar-refractivity contribution in [2.45, 2.75) is 19.4 Å². The molecule has 0 spiro atoms. The highest BCUT2D eigenvalue weighted by atomic mass is 19.1. The fraction of sp³-hybridized carbons (Fsp3) is 0.348. The van der Waals surface area contributed by atoms with Crippen LogP contribution in [0.3, 0.4) is 0 Å². The van der Waals surface area contributed by atoms with Crippen molar-refractivity contribution in [3.63, 3.8) is 0 Å². The maximum Gasteiger partial charge on any atom is 0.257 e. The number of carbonyl (C=O) groups excluding carboxylic acids is 2.